The van der Waals surface area contributed by atoms with E-state index in [0.29, 0.717) is 32.1 Å². The molecule has 0 spiro atoms. The Labute approximate surface area is 159 Å². The number of ketones is 2. The zero-order valence-electron chi connectivity index (χ0n) is 16.1. The summed E-state index contributed by atoms with van der Waals surface area (Å²) in [6.07, 6.45) is 7.72. The summed E-state index contributed by atoms with van der Waals surface area (Å²) in [5.41, 5.74) is -0.185. The van der Waals surface area contributed by atoms with Crippen molar-refractivity contribution in [2.45, 2.75) is 70.8 Å². The van der Waals surface area contributed by atoms with E-state index in [1.165, 1.54) is 0 Å². The maximum Gasteiger partial charge on any atom is 0.303 e. The van der Waals surface area contributed by atoms with E-state index in [4.69, 9.17) is 5.11 Å². The van der Waals surface area contributed by atoms with E-state index in [1.807, 2.05) is 13.0 Å². The molecule has 4 rings (SSSR count). The molecule has 0 bridgehead atoms. The van der Waals surface area contributed by atoms with Crippen molar-refractivity contribution in [3.8, 4) is 0 Å². The Kier molecular flexibility index (Phi) is 4.05. The first kappa shape index (κ1) is 18.6. The minimum atomic E-state index is -1.07. The van der Waals surface area contributed by atoms with Crippen LogP contribution in [0.2, 0.25) is 0 Å². The monoisotopic (exact) mass is 372 g/mol. The van der Waals surface area contributed by atoms with Crippen molar-refractivity contribution in [1.82, 2.24) is 0 Å². The fourth-order valence-electron chi connectivity index (χ4n) is 6.44. The highest BCUT2D eigenvalue weighted by Gasteiger charge is 2.66. The van der Waals surface area contributed by atoms with Gasteiger partial charge in [-0.05, 0) is 67.6 Å². The number of Topliss-reactive ketones (excluding diaryl/α,β-unsaturated/α-hetero) is 1. The Bertz CT molecular complexity index is 793. The van der Waals surface area contributed by atoms with Crippen molar-refractivity contribution in [3.05, 3.63) is 23.3 Å². The van der Waals surface area contributed by atoms with Gasteiger partial charge in [0.25, 0.3) is 0 Å². The normalized spacial score (nSPS) is 43.4. The van der Waals surface area contributed by atoms with Gasteiger partial charge < -0.3 is 10.2 Å². The highest BCUT2D eigenvalue weighted by molar-refractivity contribution is 5.93. The highest BCUT2D eigenvalue weighted by atomic mass is 16.4. The lowest BCUT2D eigenvalue weighted by atomic mass is 9.46. The predicted molar refractivity (Wildman–Crippen MR) is 98.9 cm³/mol. The van der Waals surface area contributed by atoms with Crippen molar-refractivity contribution >= 4 is 17.5 Å². The lowest BCUT2D eigenvalue weighted by Gasteiger charge is -2.59. The second-order valence-corrected chi connectivity index (χ2v) is 9.38. The van der Waals surface area contributed by atoms with Crippen LogP contribution < -0.4 is 0 Å². The molecule has 5 nitrogen and oxygen atoms in total. The van der Waals surface area contributed by atoms with Crippen LogP contribution in [0.4, 0.5) is 0 Å². The third-order valence-corrected chi connectivity index (χ3v) is 8.21. The van der Waals surface area contributed by atoms with Gasteiger partial charge in [0.15, 0.2) is 5.78 Å². The lowest BCUT2D eigenvalue weighted by molar-refractivity contribution is -0.163. The van der Waals surface area contributed by atoms with Gasteiger partial charge in [0.1, 0.15) is 5.78 Å². The van der Waals surface area contributed by atoms with Crippen LogP contribution in [0.3, 0.4) is 0 Å². The Balaban J connectivity index is 1.84. The molecule has 5 atom stereocenters. The molecular formula is C22H28O5. The number of allylic oxidation sites excluding steroid dienone is 3. The minimum absolute atomic E-state index is 0.000538. The zero-order valence-corrected chi connectivity index (χ0v) is 16.1. The summed E-state index contributed by atoms with van der Waals surface area (Å²) >= 11 is 0. The summed E-state index contributed by atoms with van der Waals surface area (Å²) in [6.45, 7) is 4.07. The number of hydrogen-bond donors (Lipinski definition) is 2. The van der Waals surface area contributed by atoms with Gasteiger partial charge in [-0.3, -0.25) is 14.4 Å². The van der Waals surface area contributed by atoms with Crippen LogP contribution in [0.1, 0.15) is 65.2 Å². The minimum Gasteiger partial charge on any atom is -0.481 e. The molecule has 0 saturated heterocycles. The number of carbonyl (C=O) groups is 3. The Morgan fingerprint density at radius 3 is 2.63 bits per heavy atom. The molecule has 4 aliphatic rings. The number of carboxylic acid groups (broad SMARTS) is 1. The molecule has 2 fully saturated rings. The third kappa shape index (κ3) is 2.43. The molecule has 0 aromatic heterocycles. The number of hydrogen-bond acceptors (Lipinski definition) is 4. The third-order valence-electron chi connectivity index (χ3n) is 8.21. The molecule has 5 heteroatoms. The first-order chi connectivity index (χ1) is 12.6. The molecule has 4 aliphatic carbocycles. The molecule has 0 unspecified atom stereocenters. The fraction of sp³-hybridized carbons (Fsp3) is 0.682. The van der Waals surface area contributed by atoms with E-state index < -0.39 is 17.0 Å². The topological polar surface area (TPSA) is 91.7 Å². The van der Waals surface area contributed by atoms with Crippen LogP contribution in [-0.2, 0) is 14.4 Å². The average Bonchev–Trinajstić information content (AvgIpc) is 2.85. The molecule has 0 aromatic carbocycles. The number of aliphatic hydroxyl groups is 1. The lowest BCUT2D eigenvalue weighted by Crippen LogP contribution is -2.60. The average molecular weight is 372 g/mol. The zero-order chi connectivity index (χ0) is 19.6. The largest absolute Gasteiger partial charge is 0.481 e. The van der Waals surface area contributed by atoms with Crippen LogP contribution in [-0.4, -0.2) is 33.3 Å². The van der Waals surface area contributed by atoms with E-state index in [-0.39, 0.29) is 35.2 Å². The summed E-state index contributed by atoms with van der Waals surface area (Å²) in [4.78, 5) is 35.9. The SMILES string of the molecule is C[C@]12CCC(=O)C=C1C(CCC(=O)O)=C[C@@H]1[C@@H]2CC[C@]2(C)C(=O)CC[C@@]12O. The molecule has 146 valence electrons. The summed E-state index contributed by atoms with van der Waals surface area (Å²) in [5, 5.41) is 20.9. The smallest absolute Gasteiger partial charge is 0.303 e. The van der Waals surface area contributed by atoms with Gasteiger partial charge in [-0.2, -0.15) is 0 Å². The van der Waals surface area contributed by atoms with Gasteiger partial charge in [-0.15, -0.1) is 0 Å². The van der Waals surface area contributed by atoms with Crippen LogP contribution >= 0.6 is 0 Å². The quantitative estimate of drug-likeness (QED) is 0.794. The maximum absolute atomic E-state index is 12.6. The molecule has 0 amide bonds. The summed E-state index contributed by atoms with van der Waals surface area (Å²) < 4.78 is 0. The maximum atomic E-state index is 12.6. The van der Waals surface area contributed by atoms with Crippen molar-refractivity contribution in [2.75, 3.05) is 0 Å². The molecule has 0 aliphatic heterocycles. The number of rotatable bonds is 3. The van der Waals surface area contributed by atoms with Gasteiger partial charge in [-0.25, -0.2) is 0 Å². The Morgan fingerprint density at radius 2 is 1.93 bits per heavy atom. The summed E-state index contributed by atoms with van der Waals surface area (Å²) in [7, 11) is 0. The number of aliphatic carboxylic acids is 1. The second-order valence-electron chi connectivity index (χ2n) is 9.38. The van der Waals surface area contributed by atoms with Crippen LogP contribution in [0.25, 0.3) is 0 Å². The van der Waals surface area contributed by atoms with Crippen molar-refractivity contribution in [3.63, 3.8) is 0 Å². The number of carboxylic acids is 1. The first-order valence-corrected chi connectivity index (χ1v) is 10.1. The van der Waals surface area contributed by atoms with E-state index in [1.54, 1.807) is 6.08 Å². The van der Waals surface area contributed by atoms with Crippen molar-refractivity contribution in [2.24, 2.45) is 22.7 Å². The number of carbonyl (C=O) groups excluding carboxylic acids is 2. The Hall–Kier alpha value is -1.75. The van der Waals surface area contributed by atoms with E-state index >= 15 is 0 Å². The predicted octanol–water partition coefficient (Wildman–Crippen LogP) is 3.21. The van der Waals surface area contributed by atoms with Crippen LogP contribution in [0.15, 0.2) is 23.3 Å². The second kappa shape index (κ2) is 5.87. The van der Waals surface area contributed by atoms with Crippen molar-refractivity contribution < 1.29 is 24.6 Å². The first-order valence-electron chi connectivity index (χ1n) is 10.1. The molecule has 27 heavy (non-hydrogen) atoms. The number of fused-ring (bicyclic) bond motifs is 5. The molecule has 0 heterocycles. The van der Waals surface area contributed by atoms with Gasteiger partial charge in [-0.1, -0.05) is 13.0 Å². The van der Waals surface area contributed by atoms with Gasteiger partial charge >= 0.3 is 5.97 Å². The molecule has 0 aromatic rings. The molecule has 0 radical (unpaired) electrons. The summed E-state index contributed by atoms with van der Waals surface area (Å²) in [5.74, 6) is -0.617. The molecular weight excluding hydrogens is 344 g/mol. The van der Waals surface area contributed by atoms with Gasteiger partial charge in [0, 0.05) is 25.2 Å². The highest BCUT2D eigenvalue weighted by Crippen LogP contribution is 2.65. The standard InChI is InChI=1S/C22H28O5/c1-20-8-5-14(23)12-16(20)13(3-4-19(25)26)11-17-15(20)6-9-21(2)18(24)7-10-22(17,21)27/h11-12,15,17,27H,3-10H2,1-2H3,(H,25,26)/t15-,17+,20+,21+,22+/m0/s1. The van der Waals surface area contributed by atoms with Gasteiger partial charge in [0.05, 0.1) is 11.0 Å². The van der Waals surface area contributed by atoms with Gasteiger partial charge in [0.2, 0.25) is 0 Å². The van der Waals surface area contributed by atoms with E-state index in [9.17, 15) is 19.5 Å². The van der Waals surface area contributed by atoms with Crippen LogP contribution in [0.5, 0.6) is 0 Å². The molecule has 2 saturated carbocycles. The van der Waals surface area contributed by atoms with Crippen molar-refractivity contribution in [1.29, 1.82) is 0 Å². The fourth-order valence-corrected chi connectivity index (χ4v) is 6.44. The van der Waals surface area contributed by atoms with E-state index in [0.717, 1.165) is 24.0 Å². The Morgan fingerprint density at radius 1 is 1.19 bits per heavy atom. The molecule has 2 N–H and O–H groups in total. The van der Waals surface area contributed by atoms with E-state index in [2.05, 4.69) is 6.92 Å². The summed E-state index contributed by atoms with van der Waals surface area (Å²) in [6, 6.07) is 0. The van der Waals surface area contributed by atoms with Crippen LogP contribution in [0, 0.1) is 22.7 Å².